The number of aryl methyl sites for hydroxylation is 1. The van der Waals surface area contributed by atoms with Crippen molar-refractivity contribution < 1.29 is 23.4 Å². The summed E-state index contributed by atoms with van der Waals surface area (Å²) in [4.78, 5) is 16.0. The largest absolute Gasteiger partial charge is 0.390 e. The number of likely N-dealkylation sites (tertiary alicyclic amines) is 1. The Labute approximate surface area is 244 Å². The van der Waals surface area contributed by atoms with E-state index in [1.165, 1.54) is 17.7 Å². The van der Waals surface area contributed by atoms with Gasteiger partial charge < -0.3 is 20.5 Å². The summed E-state index contributed by atoms with van der Waals surface area (Å²) in [5.41, 5.74) is 2.74. The minimum Gasteiger partial charge on any atom is -0.390 e. The van der Waals surface area contributed by atoms with Gasteiger partial charge in [0.25, 0.3) is 0 Å². The van der Waals surface area contributed by atoms with Crippen LogP contribution in [0, 0.1) is 17.6 Å². The van der Waals surface area contributed by atoms with Crippen molar-refractivity contribution in [2.75, 3.05) is 32.8 Å². The average molecular weight is 574 g/mol. The molecule has 1 amide bonds. The zero-order valence-corrected chi connectivity index (χ0v) is 25.0. The van der Waals surface area contributed by atoms with Crippen LogP contribution in [0.5, 0.6) is 0 Å². The highest BCUT2D eigenvalue weighted by Crippen LogP contribution is 2.22. The van der Waals surface area contributed by atoms with Crippen molar-refractivity contribution >= 4 is 5.91 Å². The third-order valence-corrected chi connectivity index (χ3v) is 8.03. The van der Waals surface area contributed by atoms with Crippen LogP contribution in [-0.4, -0.2) is 66.9 Å². The van der Waals surface area contributed by atoms with Crippen molar-refractivity contribution in [1.82, 2.24) is 15.5 Å². The Morgan fingerprint density at radius 3 is 2.41 bits per heavy atom. The van der Waals surface area contributed by atoms with Gasteiger partial charge in [-0.15, -0.1) is 0 Å². The van der Waals surface area contributed by atoms with Gasteiger partial charge in [0.2, 0.25) is 5.91 Å². The van der Waals surface area contributed by atoms with Gasteiger partial charge in [-0.1, -0.05) is 51.0 Å². The molecule has 3 atom stereocenters. The van der Waals surface area contributed by atoms with Gasteiger partial charge in [-0.25, -0.2) is 8.78 Å². The molecule has 0 radical (unpaired) electrons. The third kappa shape index (κ3) is 11.1. The van der Waals surface area contributed by atoms with Gasteiger partial charge in [0.15, 0.2) is 0 Å². The third-order valence-electron chi connectivity index (χ3n) is 8.03. The van der Waals surface area contributed by atoms with Crippen molar-refractivity contribution in [3.05, 3.63) is 70.8 Å². The highest BCUT2D eigenvalue weighted by Gasteiger charge is 2.32. The highest BCUT2D eigenvalue weighted by atomic mass is 19.1. The fraction of sp³-hybridized carbons (Fsp3) is 0.606. The highest BCUT2D eigenvalue weighted by molar-refractivity contribution is 5.82. The molecule has 1 heterocycles. The first kappa shape index (κ1) is 33.1. The molecule has 0 unspecified atom stereocenters. The molecule has 1 aliphatic rings. The van der Waals surface area contributed by atoms with Crippen LogP contribution in [0.1, 0.15) is 69.6 Å². The summed E-state index contributed by atoms with van der Waals surface area (Å²) in [6.07, 6.45) is 4.68. The number of hydrogen-bond donors (Lipinski definition) is 3. The van der Waals surface area contributed by atoms with Gasteiger partial charge in [-0.05, 0) is 86.9 Å². The van der Waals surface area contributed by atoms with Gasteiger partial charge in [-0.3, -0.25) is 9.69 Å². The molecule has 0 bridgehead atoms. The van der Waals surface area contributed by atoms with Crippen molar-refractivity contribution in [1.29, 1.82) is 0 Å². The number of rotatable bonds is 17. The average Bonchev–Trinajstić information content (AvgIpc) is 2.96. The zero-order chi connectivity index (χ0) is 29.6. The molecule has 0 aromatic heterocycles. The maximum absolute atomic E-state index is 14.0. The monoisotopic (exact) mass is 573 g/mol. The van der Waals surface area contributed by atoms with Crippen LogP contribution in [0.25, 0.3) is 0 Å². The molecule has 41 heavy (non-hydrogen) atoms. The number of carbonyl (C=O) groups is 1. The molecule has 2 aromatic carbocycles. The van der Waals surface area contributed by atoms with Crippen molar-refractivity contribution in [3.63, 3.8) is 0 Å². The van der Waals surface area contributed by atoms with E-state index in [1.54, 1.807) is 0 Å². The maximum Gasteiger partial charge on any atom is 0.237 e. The lowest BCUT2D eigenvalue weighted by molar-refractivity contribution is -0.129. The normalized spacial score (nSPS) is 16.8. The van der Waals surface area contributed by atoms with Crippen LogP contribution in [0.15, 0.2) is 42.5 Å². The Kier molecular flexibility index (Phi) is 14.2. The number of amides is 1. The van der Waals surface area contributed by atoms with E-state index < -0.39 is 23.8 Å². The van der Waals surface area contributed by atoms with Gasteiger partial charge in [-0.2, -0.15) is 0 Å². The maximum atomic E-state index is 14.0. The van der Waals surface area contributed by atoms with Crippen molar-refractivity contribution in [2.24, 2.45) is 5.92 Å². The molecule has 228 valence electrons. The van der Waals surface area contributed by atoms with E-state index in [-0.39, 0.29) is 24.9 Å². The van der Waals surface area contributed by atoms with E-state index in [4.69, 9.17) is 4.74 Å². The topological polar surface area (TPSA) is 73.8 Å². The van der Waals surface area contributed by atoms with E-state index in [1.807, 2.05) is 19.1 Å². The van der Waals surface area contributed by atoms with E-state index in [9.17, 15) is 18.7 Å². The number of halogens is 2. The van der Waals surface area contributed by atoms with Crippen molar-refractivity contribution in [2.45, 2.75) is 90.4 Å². The van der Waals surface area contributed by atoms with Gasteiger partial charge in [0.1, 0.15) is 11.6 Å². The predicted octanol–water partition coefficient (Wildman–Crippen LogP) is 5.01. The molecule has 2 aromatic rings. The number of hydrogen-bond acceptors (Lipinski definition) is 5. The summed E-state index contributed by atoms with van der Waals surface area (Å²) in [5.74, 6) is -0.991. The van der Waals surface area contributed by atoms with Gasteiger partial charge in [0, 0.05) is 32.4 Å². The van der Waals surface area contributed by atoms with Crippen LogP contribution >= 0.6 is 0 Å². The number of aliphatic hydroxyl groups excluding tert-OH is 1. The fourth-order valence-electron chi connectivity index (χ4n) is 5.60. The number of aliphatic hydroxyl groups is 1. The molecule has 1 saturated heterocycles. The summed E-state index contributed by atoms with van der Waals surface area (Å²) >= 11 is 0. The summed E-state index contributed by atoms with van der Waals surface area (Å²) < 4.78 is 33.6. The van der Waals surface area contributed by atoms with Gasteiger partial charge in [0.05, 0.1) is 18.2 Å². The van der Waals surface area contributed by atoms with Gasteiger partial charge >= 0.3 is 0 Å². The van der Waals surface area contributed by atoms with E-state index in [2.05, 4.69) is 41.5 Å². The van der Waals surface area contributed by atoms with E-state index >= 15 is 0 Å². The zero-order valence-electron chi connectivity index (χ0n) is 25.0. The summed E-state index contributed by atoms with van der Waals surface area (Å²) in [7, 11) is 0. The molecule has 0 aliphatic carbocycles. The van der Waals surface area contributed by atoms with Crippen LogP contribution in [0.2, 0.25) is 0 Å². The molecule has 0 spiro atoms. The number of ether oxygens (including phenoxy) is 1. The number of piperidine rings is 1. The number of nitrogens with one attached hydrogen (secondary N) is 2. The second kappa shape index (κ2) is 17.5. The lowest BCUT2D eigenvalue weighted by Gasteiger charge is -2.38. The molecule has 0 saturated carbocycles. The lowest BCUT2D eigenvalue weighted by Crippen LogP contribution is -2.56. The summed E-state index contributed by atoms with van der Waals surface area (Å²) in [6, 6.07) is 10.6. The molecule has 3 N–H and O–H groups in total. The molecule has 1 aliphatic heterocycles. The lowest BCUT2D eigenvalue weighted by atomic mass is 9.94. The first-order valence-electron chi connectivity index (χ1n) is 15.4. The molecular weight excluding hydrogens is 524 g/mol. The first-order valence-corrected chi connectivity index (χ1v) is 15.4. The van der Waals surface area contributed by atoms with E-state index in [0.717, 1.165) is 69.9 Å². The fourth-order valence-corrected chi connectivity index (χ4v) is 5.60. The van der Waals surface area contributed by atoms with Crippen LogP contribution < -0.4 is 10.6 Å². The SMILES string of the molecule is CCCC[C@@H](C(=O)N[C@@H](Cc1cc(F)cc(F)c1)[C@H](O)CNCc1cccc(CC)c1)N1CCC(COCC)CC1. The Morgan fingerprint density at radius 1 is 1.05 bits per heavy atom. The Hall–Kier alpha value is -2.39. The minimum atomic E-state index is -0.955. The molecule has 8 heteroatoms. The van der Waals surface area contributed by atoms with E-state index in [0.29, 0.717) is 24.6 Å². The summed E-state index contributed by atoms with van der Waals surface area (Å²) in [6.45, 7) is 10.1. The predicted molar refractivity (Wildman–Crippen MR) is 160 cm³/mol. The first-order chi connectivity index (χ1) is 19.8. The summed E-state index contributed by atoms with van der Waals surface area (Å²) in [5, 5.41) is 17.6. The van der Waals surface area contributed by atoms with Crippen LogP contribution in [-0.2, 0) is 28.9 Å². The van der Waals surface area contributed by atoms with Crippen molar-refractivity contribution in [3.8, 4) is 0 Å². The quantitative estimate of drug-likeness (QED) is 0.248. The number of unbranched alkanes of at least 4 members (excludes halogenated alkanes) is 1. The Bertz CT molecular complexity index is 1040. The van der Waals surface area contributed by atoms with Crippen LogP contribution in [0.3, 0.4) is 0 Å². The number of benzene rings is 2. The molecule has 1 fully saturated rings. The minimum absolute atomic E-state index is 0.117. The van der Waals surface area contributed by atoms with Crippen LogP contribution in [0.4, 0.5) is 8.78 Å². The molecular formula is C33H49F2N3O3. The second-order valence-corrected chi connectivity index (χ2v) is 11.3. The Balaban J connectivity index is 1.70. The standard InChI is InChI=1S/C33H49F2N3O3/c1-4-7-11-31(38-14-12-25(13-15-38)23-41-6-3)33(40)37-30(19-27-17-28(34)20-29(35)18-27)32(39)22-36-21-26-10-8-9-24(5-2)16-26/h8-10,16-18,20,25,30-32,36,39H,4-7,11-15,19,21-23H2,1-3H3,(H,37,40)/t30-,31-,32+/m0/s1. The second-order valence-electron chi connectivity index (χ2n) is 11.3. The smallest absolute Gasteiger partial charge is 0.237 e. The Morgan fingerprint density at radius 2 is 1.76 bits per heavy atom. The number of nitrogens with zero attached hydrogens (tertiary/aromatic N) is 1. The number of carbonyl (C=O) groups excluding carboxylic acids is 1. The molecule has 3 rings (SSSR count). The molecule has 6 nitrogen and oxygen atoms in total.